The molecule has 0 atom stereocenters. The van der Waals surface area contributed by atoms with Crippen molar-refractivity contribution in [3.05, 3.63) is 19.2 Å². The molecule has 0 heterocycles. The van der Waals surface area contributed by atoms with Crippen molar-refractivity contribution in [2.45, 2.75) is 20.8 Å². The molecule has 1 radical (unpaired) electrons. The zero-order valence-corrected chi connectivity index (χ0v) is 7.43. The summed E-state index contributed by atoms with van der Waals surface area (Å²) in [5.74, 6) is 0. The second kappa shape index (κ2) is 4.51. The second-order valence-corrected chi connectivity index (χ2v) is 2.55. The highest BCUT2D eigenvalue weighted by molar-refractivity contribution is 4.78. The molecule has 0 aliphatic carbocycles. The van der Waals surface area contributed by atoms with Crippen LogP contribution in [0.4, 0.5) is 0 Å². The van der Waals surface area contributed by atoms with Crippen LogP contribution in [0.15, 0.2) is 12.7 Å². The van der Waals surface area contributed by atoms with Gasteiger partial charge in [-0.1, -0.05) is 6.58 Å². The quantitative estimate of drug-likeness (QED) is 0.515. The monoisotopic (exact) mass is 141 g/mol. The molecule has 59 valence electrons. The molecule has 0 saturated heterocycles. The minimum absolute atomic E-state index is 1.06. The van der Waals surface area contributed by atoms with Crippen LogP contribution in [0.25, 0.3) is 0 Å². The molecule has 0 rings (SSSR count). The minimum atomic E-state index is 1.06. The van der Waals surface area contributed by atoms with E-state index in [4.69, 9.17) is 0 Å². The van der Waals surface area contributed by atoms with Crippen LogP contribution in [0, 0.1) is 6.54 Å². The number of hydrogen-bond acceptors (Lipinski definition) is 0. The number of quaternary nitrogens is 1. The summed E-state index contributed by atoms with van der Waals surface area (Å²) in [6.45, 7) is 16.0. The van der Waals surface area contributed by atoms with E-state index in [0.717, 1.165) is 4.48 Å². The molecule has 0 N–H and O–H groups in total. The molecule has 0 aromatic heterocycles. The van der Waals surface area contributed by atoms with Gasteiger partial charge in [0.1, 0.15) is 0 Å². The van der Waals surface area contributed by atoms with Gasteiger partial charge in [0.05, 0.1) is 19.6 Å². The van der Waals surface area contributed by atoms with Crippen molar-refractivity contribution < 1.29 is 4.48 Å². The van der Waals surface area contributed by atoms with Crippen LogP contribution in [0.2, 0.25) is 0 Å². The summed E-state index contributed by atoms with van der Waals surface area (Å²) in [6, 6.07) is 0. The Hall–Kier alpha value is -0.300. The van der Waals surface area contributed by atoms with Crippen molar-refractivity contribution in [1.29, 1.82) is 0 Å². The van der Waals surface area contributed by atoms with E-state index in [0.29, 0.717) is 0 Å². The molecule has 0 aromatic rings. The molecule has 1 heteroatoms. The Labute approximate surface area is 64.9 Å². The third kappa shape index (κ3) is 2.14. The van der Waals surface area contributed by atoms with Crippen LogP contribution in [0.1, 0.15) is 20.8 Å². The van der Waals surface area contributed by atoms with E-state index in [1.165, 1.54) is 19.6 Å². The zero-order valence-electron chi connectivity index (χ0n) is 7.43. The molecule has 0 bridgehead atoms. The van der Waals surface area contributed by atoms with E-state index in [-0.39, 0.29) is 0 Å². The van der Waals surface area contributed by atoms with Gasteiger partial charge in [-0.3, -0.25) is 0 Å². The van der Waals surface area contributed by atoms with Gasteiger partial charge in [-0.2, -0.15) is 0 Å². The average Bonchev–Trinajstić information content (AvgIpc) is 2.01. The predicted molar refractivity (Wildman–Crippen MR) is 46.4 cm³/mol. The second-order valence-electron chi connectivity index (χ2n) is 2.55. The van der Waals surface area contributed by atoms with E-state index in [2.05, 4.69) is 33.9 Å². The Morgan fingerprint density at radius 1 is 1.10 bits per heavy atom. The van der Waals surface area contributed by atoms with Crippen LogP contribution in [0.5, 0.6) is 0 Å². The van der Waals surface area contributed by atoms with Gasteiger partial charge in [0.15, 0.2) is 6.54 Å². The standard InChI is InChI=1S/C9H19N/c1-5-9-10(6-2,7-3)8-4/h5,9H,1,6-8H2,2-4H3/q+1. The lowest BCUT2D eigenvalue weighted by Crippen LogP contribution is -2.44. The fraction of sp³-hybridized carbons (Fsp3) is 0.667. The van der Waals surface area contributed by atoms with E-state index < -0.39 is 0 Å². The van der Waals surface area contributed by atoms with Gasteiger partial charge in [0.2, 0.25) is 0 Å². The van der Waals surface area contributed by atoms with Crippen LogP contribution in [-0.4, -0.2) is 24.1 Å². The Morgan fingerprint density at radius 3 is 1.60 bits per heavy atom. The van der Waals surface area contributed by atoms with Crippen molar-refractivity contribution in [3.63, 3.8) is 0 Å². The summed E-state index contributed by atoms with van der Waals surface area (Å²) in [4.78, 5) is 0. The molecule has 0 aliphatic rings. The van der Waals surface area contributed by atoms with Gasteiger partial charge in [0.25, 0.3) is 0 Å². The summed E-state index contributed by atoms with van der Waals surface area (Å²) < 4.78 is 1.06. The summed E-state index contributed by atoms with van der Waals surface area (Å²) in [5.41, 5.74) is 0. The van der Waals surface area contributed by atoms with Crippen LogP contribution in [-0.2, 0) is 0 Å². The zero-order chi connectivity index (χ0) is 8.04. The predicted octanol–water partition coefficient (Wildman–Crippen LogP) is 2.21. The van der Waals surface area contributed by atoms with Crippen molar-refractivity contribution in [3.8, 4) is 0 Å². The molecular weight excluding hydrogens is 122 g/mol. The van der Waals surface area contributed by atoms with Crippen molar-refractivity contribution >= 4 is 0 Å². The highest BCUT2D eigenvalue weighted by Crippen LogP contribution is 2.08. The first-order valence-corrected chi connectivity index (χ1v) is 4.07. The van der Waals surface area contributed by atoms with Gasteiger partial charge >= 0.3 is 0 Å². The first-order valence-electron chi connectivity index (χ1n) is 4.07. The maximum absolute atomic E-state index is 3.72. The normalized spacial score (nSPS) is 11.5. The summed E-state index contributed by atoms with van der Waals surface area (Å²) in [5, 5.41) is 0. The lowest BCUT2D eigenvalue weighted by Gasteiger charge is -2.33. The van der Waals surface area contributed by atoms with Crippen molar-refractivity contribution in [2.24, 2.45) is 0 Å². The average molecular weight is 141 g/mol. The number of hydrogen-bond donors (Lipinski definition) is 0. The Morgan fingerprint density at radius 2 is 1.50 bits per heavy atom. The maximum atomic E-state index is 3.72. The van der Waals surface area contributed by atoms with Crippen LogP contribution in [0.3, 0.4) is 0 Å². The van der Waals surface area contributed by atoms with Crippen molar-refractivity contribution in [1.82, 2.24) is 0 Å². The molecule has 0 unspecified atom stereocenters. The van der Waals surface area contributed by atoms with Gasteiger partial charge < -0.3 is 4.48 Å². The van der Waals surface area contributed by atoms with Crippen molar-refractivity contribution in [2.75, 3.05) is 19.6 Å². The highest BCUT2D eigenvalue weighted by Gasteiger charge is 2.18. The van der Waals surface area contributed by atoms with Gasteiger partial charge in [-0.05, 0) is 26.8 Å². The smallest absolute Gasteiger partial charge is 0.164 e. The number of likely N-dealkylation sites (N-methyl/N-ethyl adjacent to an activating group) is 1. The Kier molecular flexibility index (Phi) is 4.37. The topological polar surface area (TPSA) is 0 Å². The first kappa shape index (κ1) is 9.70. The Bertz CT molecular complexity index is 84.6. The SMILES string of the molecule is C=C[CH][N+](CC)(CC)CC. The molecular formula is C9H19N+. The molecule has 0 fully saturated rings. The fourth-order valence-corrected chi connectivity index (χ4v) is 1.21. The largest absolute Gasteiger partial charge is 0.313 e. The fourth-order valence-electron chi connectivity index (χ4n) is 1.21. The van der Waals surface area contributed by atoms with E-state index >= 15 is 0 Å². The van der Waals surface area contributed by atoms with E-state index in [1.807, 2.05) is 6.08 Å². The minimum Gasteiger partial charge on any atom is -0.313 e. The number of rotatable bonds is 5. The van der Waals surface area contributed by atoms with E-state index in [1.54, 1.807) is 0 Å². The molecule has 0 saturated carbocycles. The Balaban J connectivity index is 4.00. The van der Waals surface area contributed by atoms with Gasteiger partial charge in [-0.15, -0.1) is 0 Å². The molecule has 0 amide bonds. The molecule has 0 spiro atoms. The number of nitrogens with zero attached hydrogens (tertiary/aromatic N) is 1. The third-order valence-electron chi connectivity index (χ3n) is 2.31. The molecule has 0 aliphatic heterocycles. The molecule has 0 aromatic carbocycles. The lowest BCUT2D eigenvalue weighted by molar-refractivity contribution is -0.891. The highest BCUT2D eigenvalue weighted by atomic mass is 15.3. The van der Waals surface area contributed by atoms with Crippen LogP contribution < -0.4 is 0 Å². The summed E-state index contributed by atoms with van der Waals surface area (Å²) in [6.07, 6.45) is 1.90. The third-order valence-corrected chi connectivity index (χ3v) is 2.31. The summed E-state index contributed by atoms with van der Waals surface area (Å²) >= 11 is 0. The summed E-state index contributed by atoms with van der Waals surface area (Å²) in [7, 11) is 0. The molecule has 1 nitrogen and oxygen atoms in total. The van der Waals surface area contributed by atoms with Crippen LogP contribution >= 0.6 is 0 Å². The van der Waals surface area contributed by atoms with Gasteiger partial charge in [0, 0.05) is 0 Å². The first-order chi connectivity index (χ1) is 4.74. The maximum Gasteiger partial charge on any atom is 0.164 e. The molecule has 10 heavy (non-hydrogen) atoms. The van der Waals surface area contributed by atoms with Gasteiger partial charge in [-0.25, -0.2) is 0 Å². The lowest BCUT2D eigenvalue weighted by atomic mass is 10.3. The van der Waals surface area contributed by atoms with E-state index in [9.17, 15) is 0 Å².